The SMILES string of the molecule is c1cnc(OC[C@H]2CO2)cn1. The van der Waals surface area contributed by atoms with Crippen LogP contribution < -0.4 is 4.74 Å². The first kappa shape index (κ1) is 6.54. The molecule has 1 aliphatic heterocycles. The minimum Gasteiger partial charge on any atom is -0.474 e. The maximum Gasteiger partial charge on any atom is 0.232 e. The summed E-state index contributed by atoms with van der Waals surface area (Å²) in [6.45, 7) is 1.39. The summed E-state index contributed by atoms with van der Waals surface area (Å²) in [7, 11) is 0. The van der Waals surface area contributed by atoms with Crippen LogP contribution in [0.5, 0.6) is 5.88 Å². The van der Waals surface area contributed by atoms with Gasteiger partial charge in [0, 0.05) is 12.4 Å². The number of epoxide rings is 1. The Morgan fingerprint density at radius 3 is 3.18 bits per heavy atom. The second kappa shape index (κ2) is 2.84. The van der Waals surface area contributed by atoms with Crippen molar-refractivity contribution in [3.05, 3.63) is 18.6 Å². The summed E-state index contributed by atoms with van der Waals surface area (Å²) >= 11 is 0. The largest absolute Gasteiger partial charge is 0.474 e. The van der Waals surface area contributed by atoms with Gasteiger partial charge in [-0.2, -0.15) is 0 Å². The minimum atomic E-state index is 0.275. The molecule has 0 aromatic carbocycles. The van der Waals surface area contributed by atoms with Gasteiger partial charge in [-0.1, -0.05) is 0 Å². The molecule has 2 heterocycles. The molecule has 0 saturated carbocycles. The highest BCUT2D eigenvalue weighted by atomic mass is 16.6. The molecule has 1 aromatic rings. The predicted molar refractivity (Wildman–Crippen MR) is 37.3 cm³/mol. The van der Waals surface area contributed by atoms with E-state index in [4.69, 9.17) is 9.47 Å². The third-order valence-electron chi connectivity index (χ3n) is 1.36. The molecule has 0 radical (unpaired) electrons. The van der Waals surface area contributed by atoms with Crippen molar-refractivity contribution in [2.75, 3.05) is 13.2 Å². The third-order valence-corrected chi connectivity index (χ3v) is 1.36. The Kier molecular flexibility index (Phi) is 1.69. The number of hydrogen-bond acceptors (Lipinski definition) is 4. The number of ether oxygens (including phenoxy) is 2. The average Bonchev–Trinajstić information content (AvgIpc) is 2.86. The van der Waals surface area contributed by atoms with Gasteiger partial charge in [0.15, 0.2) is 0 Å². The van der Waals surface area contributed by atoms with E-state index in [2.05, 4.69) is 9.97 Å². The van der Waals surface area contributed by atoms with Crippen molar-refractivity contribution in [3.8, 4) is 5.88 Å². The van der Waals surface area contributed by atoms with Crippen LogP contribution >= 0.6 is 0 Å². The fourth-order valence-corrected chi connectivity index (χ4v) is 0.703. The van der Waals surface area contributed by atoms with Crippen molar-refractivity contribution in [3.63, 3.8) is 0 Å². The molecule has 0 bridgehead atoms. The number of hydrogen-bond donors (Lipinski definition) is 0. The van der Waals surface area contributed by atoms with Crippen LogP contribution in [-0.2, 0) is 4.74 Å². The van der Waals surface area contributed by atoms with E-state index >= 15 is 0 Å². The zero-order valence-electron chi connectivity index (χ0n) is 5.93. The Bertz CT molecular complexity index is 223. The highest BCUT2D eigenvalue weighted by molar-refractivity contribution is 5.01. The van der Waals surface area contributed by atoms with Crippen LogP contribution in [0.15, 0.2) is 18.6 Å². The highest BCUT2D eigenvalue weighted by Crippen LogP contribution is 2.10. The molecule has 1 aliphatic rings. The lowest BCUT2D eigenvalue weighted by Gasteiger charge is -1.99. The first-order valence-corrected chi connectivity index (χ1v) is 3.45. The molecule has 1 aromatic heterocycles. The molecule has 2 rings (SSSR count). The molecule has 0 spiro atoms. The van der Waals surface area contributed by atoms with Crippen LogP contribution in [0.4, 0.5) is 0 Å². The lowest BCUT2D eigenvalue weighted by molar-refractivity contribution is 0.254. The van der Waals surface area contributed by atoms with Crippen molar-refractivity contribution in [2.45, 2.75) is 6.10 Å². The van der Waals surface area contributed by atoms with E-state index in [1.807, 2.05) is 0 Å². The Balaban J connectivity index is 1.85. The van der Waals surface area contributed by atoms with E-state index in [0.29, 0.717) is 12.5 Å². The van der Waals surface area contributed by atoms with Gasteiger partial charge >= 0.3 is 0 Å². The zero-order chi connectivity index (χ0) is 7.52. The number of rotatable bonds is 3. The van der Waals surface area contributed by atoms with Gasteiger partial charge in [-0.15, -0.1) is 0 Å². The standard InChI is InChI=1S/C7H8N2O2/c1-2-9-7(3-8-1)11-5-6-4-10-6/h1-3,6H,4-5H2/t6-/m1/s1. The molecule has 0 unspecified atom stereocenters. The fourth-order valence-electron chi connectivity index (χ4n) is 0.703. The quantitative estimate of drug-likeness (QED) is 0.582. The Labute approximate surface area is 64.2 Å². The minimum absolute atomic E-state index is 0.275. The van der Waals surface area contributed by atoms with Gasteiger partial charge in [-0.05, 0) is 0 Å². The van der Waals surface area contributed by atoms with E-state index in [-0.39, 0.29) is 6.10 Å². The topological polar surface area (TPSA) is 47.5 Å². The monoisotopic (exact) mass is 152 g/mol. The second-order valence-corrected chi connectivity index (χ2v) is 2.31. The third kappa shape index (κ3) is 1.88. The summed E-state index contributed by atoms with van der Waals surface area (Å²) in [5, 5.41) is 0. The van der Waals surface area contributed by atoms with Gasteiger partial charge in [0.1, 0.15) is 12.7 Å². The smallest absolute Gasteiger partial charge is 0.232 e. The molecule has 58 valence electrons. The summed E-state index contributed by atoms with van der Waals surface area (Å²) in [5.74, 6) is 0.558. The lowest BCUT2D eigenvalue weighted by atomic mass is 10.5. The van der Waals surface area contributed by atoms with Crippen molar-refractivity contribution < 1.29 is 9.47 Å². The lowest BCUT2D eigenvalue weighted by Crippen LogP contribution is -2.05. The van der Waals surface area contributed by atoms with Crippen molar-refractivity contribution in [1.29, 1.82) is 0 Å². The van der Waals surface area contributed by atoms with Crippen molar-refractivity contribution in [2.24, 2.45) is 0 Å². The second-order valence-electron chi connectivity index (χ2n) is 2.31. The molecule has 0 N–H and O–H groups in total. The molecule has 4 nitrogen and oxygen atoms in total. The van der Waals surface area contributed by atoms with Gasteiger partial charge in [-0.25, -0.2) is 4.98 Å². The van der Waals surface area contributed by atoms with Crippen LogP contribution in [-0.4, -0.2) is 29.3 Å². The van der Waals surface area contributed by atoms with E-state index in [1.54, 1.807) is 18.6 Å². The summed E-state index contributed by atoms with van der Waals surface area (Å²) in [5.41, 5.74) is 0. The van der Waals surface area contributed by atoms with Crippen LogP contribution in [0.2, 0.25) is 0 Å². The Hall–Kier alpha value is -1.16. The first-order chi connectivity index (χ1) is 5.45. The molecule has 11 heavy (non-hydrogen) atoms. The normalized spacial score (nSPS) is 21.3. The van der Waals surface area contributed by atoms with Crippen LogP contribution in [0.3, 0.4) is 0 Å². The van der Waals surface area contributed by atoms with Gasteiger partial charge in [0.05, 0.1) is 12.8 Å². The number of nitrogens with zero attached hydrogens (tertiary/aromatic N) is 2. The van der Waals surface area contributed by atoms with Crippen molar-refractivity contribution >= 4 is 0 Å². The summed E-state index contributed by atoms with van der Waals surface area (Å²) in [6, 6.07) is 0. The molecular formula is C7H8N2O2. The Morgan fingerprint density at radius 1 is 1.64 bits per heavy atom. The van der Waals surface area contributed by atoms with E-state index in [9.17, 15) is 0 Å². The van der Waals surface area contributed by atoms with E-state index < -0.39 is 0 Å². The predicted octanol–water partition coefficient (Wildman–Crippen LogP) is 0.254. The van der Waals surface area contributed by atoms with Gasteiger partial charge in [0.2, 0.25) is 5.88 Å². The van der Waals surface area contributed by atoms with E-state index in [0.717, 1.165) is 6.61 Å². The number of aromatic nitrogens is 2. The average molecular weight is 152 g/mol. The van der Waals surface area contributed by atoms with Crippen LogP contribution in [0.1, 0.15) is 0 Å². The summed E-state index contributed by atoms with van der Waals surface area (Å²) in [6.07, 6.45) is 5.07. The van der Waals surface area contributed by atoms with Gasteiger partial charge < -0.3 is 9.47 Å². The molecule has 0 aliphatic carbocycles. The van der Waals surface area contributed by atoms with E-state index in [1.165, 1.54) is 0 Å². The molecule has 0 amide bonds. The molecule has 1 fully saturated rings. The fraction of sp³-hybridized carbons (Fsp3) is 0.429. The maximum atomic E-state index is 5.23. The highest BCUT2D eigenvalue weighted by Gasteiger charge is 2.23. The van der Waals surface area contributed by atoms with Crippen molar-refractivity contribution in [1.82, 2.24) is 9.97 Å². The van der Waals surface area contributed by atoms with Gasteiger partial charge in [0.25, 0.3) is 0 Å². The molecular weight excluding hydrogens is 144 g/mol. The van der Waals surface area contributed by atoms with Crippen LogP contribution in [0.25, 0.3) is 0 Å². The molecule has 1 saturated heterocycles. The van der Waals surface area contributed by atoms with Crippen LogP contribution in [0, 0.1) is 0 Å². The maximum absolute atomic E-state index is 5.23. The molecule has 1 atom stereocenters. The Morgan fingerprint density at radius 2 is 2.55 bits per heavy atom. The summed E-state index contributed by atoms with van der Waals surface area (Å²) < 4.78 is 10.2. The zero-order valence-corrected chi connectivity index (χ0v) is 5.93. The first-order valence-electron chi connectivity index (χ1n) is 3.45. The summed E-state index contributed by atoms with van der Waals surface area (Å²) in [4.78, 5) is 7.79. The molecule has 4 heteroatoms. The van der Waals surface area contributed by atoms with Gasteiger partial charge in [-0.3, -0.25) is 4.98 Å².